The van der Waals surface area contributed by atoms with Gasteiger partial charge in [0.25, 0.3) is 0 Å². The molecule has 1 atom stereocenters. The molecule has 2 amide bonds. The topological polar surface area (TPSA) is 37.4 Å². The number of alkyl halides is 1. The van der Waals surface area contributed by atoms with Crippen molar-refractivity contribution in [3.63, 3.8) is 0 Å². The molecule has 0 aliphatic carbocycles. The number of hydrogen-bond donors (Lipinski definition) is 0. The van der Waals surface area contributed by atoms with Crippen LogP contribution in [0, 0.1) is 0 Å². The number of carbonyl (C=O) groups is 2. The molecule has 3 nitrogen and oxygen atoms in total. The Bertz CT molecular complexity index is 389. The normalized spacial score (nSPS) is 17.9. The van der Waals surface area contributed by atoms with Gasteiger partial charge in [0.2, 0.25) is 11.8 Å². The van der Waals surface area contributed by atoms with Gasteiger partial charge in [0, 0.05) is 18.2 Å². The van der Waals surface area contributed by atoms with Crippen LogP contribution in [-0.4, -0.2) is 22.0 Å². The summed E-state index contributed by atoms with van der Waals surface area (Å²) >= 11 is 3.37. The number of hydrogen-bond acceptors (Lipinski definition) is 2. The van der Waals surface area contributed by atoms with Crippen molar-refractivity contribution in [2.24, 2.45) is 0 Å². The molecule has 1 aromatic rings. The Labute approximate surface area is 103 Å². The van der Waals surface area contributed by atoms with E-state index in [1.54, 1.807) is 0 Å². The van der Waals surface area contributed by atoms with Crippen LogP contribution in [0.25, 0.3) is 0 Å². The van der Waals surface area contributed by atoms with Gasteiger partial charge in [-0.15, -0.1) is 0 Å². The second-order valence-corrected chi connectivity index (χ2v) is 4.39. The van der Waals surface area contributed by atoms with Crippen LogP contribution >= 0.6 is 15.9 Å². The molecule has 0 N–H and O–H groups in total. The zero-order chi connectivity index (χ0) is 11.5. The molecule has 1 fully saturated rings. The highest BCUT2D eigenvalue weighted by Crippen LogP contribution is 2.28. The number of rotatable bonds is 3. The Morgan fingerprint density at radius 1 is 1.12 bits per heavy atom. The van der Waals surface area contributed by atoms with E-state index in [1.807, 2.05) is 30.3 Å². The van der Waals surface area contributed by atoms with Gasteiger partial charge in [-0.25, -0.2) is 0 Å². The lowest BCUT2D eigenvalue weighted by molar-refractivity contribution is -0.140. The standard InChI is InChI=1S/C12H12BrNO2/c13-8-10(9-4-2-1-3-5-9)14-11(15)6-7-12(14)16/h1-5,10H,6-8H2. The van der Waals surface area contributed by atoms with Gasteiger partial charge in [-0.05, 0) is 5.56 Å². The Balaban J connectivity index is 2.29. The molecule has 1 heterocycles. The SMILES string of the molecule is O=C1CCC(=O)N1C(CBr)c1ccccc1. The summed E-state index contributed by atoms with van der Waals surface area (Å²) in [6, 6.07) is 9.44. The van der Waals surface area contributed by atoms with Crippen molar-refractivity contribution in [3.8, 4) is 0 Å². The van der Waals surface area contributed by atoms with Crippen LogP contribution in [0.2, 0.25) is 0 Å². The third kappa shape index (κ3) is 2.02. The Kier molecular flexibility index (Phi) is 3.39. The minimum Gasteiger partial charge on any atom is -0.274 e. The van der Waals surface area contributed by atoms with Crippen molar-refractivity contribution in [2.45, 2.75) is 18.9 Å². The van der Waals surface area contributed by atoms with E-state index in [9.17, 15) is 9.59 Å². The number of benzene rings is 1. The van der Waals surface area contributed by atoms with Crippen molar-refractivity contribution in [2.75, 3.05) is 5.33 Å². The predicted octanol–water partition coefficient (Wildman–Crippen LogP) is 2.27. The number of likely N-dealkylation sites (tertiary alicyclic amines) is 1. The maximum Gasteiger partial charge on any atom is 0.230 e. The molecule has 0 bridgehead atoms. The minimum atomic E-state index is -0.177. The van der Waals surface area contributed by atoms with Gasteiger partial charge in [-0.1, -0.05) is 46.3 Å². The molecule has 1 aliphatic heterocycles. The van der Waals surface area contributed by atoms with Crippen LogP contribution in [0.1, 0.15) is 24.4 Å². The molecule has 0 spiro atoms. The van der Waals surface area contributed by atoms with Crippen molar-refractivity contribution >= 4 is 27.7 Å². The van der Waals surface area contributed by atoms with Gasteiger partial charge >= 0.3 is 0 Å². The number of carbonyl (C=O) groups excluding carboxylic acids is 2. The first-order valence-corrected chi connectivity index (χ1v) is 6.32. The smallest absolute Gasteiger partial charge is 0.230 e. The summed E-state index contributed by atoms with van der Waals surface area (Å²) in [6.07, 6.45) is 0.685. The zero-order valence-electron chi connectivity index (χ0n) is 8.73. The van der Waals surface area contributed by atoms with Gasteiger partial charge in [-0.3, -0.25) is 14.5 Å². The maximum atomic E-state index is 11.6. The first-order valence-electron chi connectivity index (χ1n) is 5.20. The summed E-state index contributed by atoms with van der Waals surface area (Å²) in [5, 5.41) is 0.578. The van der Waals surface area contributed by atoms with E-state index in [4.69, 9.17) is 0 Å². The summed E-state index contributed by atoms with van der Waals surface area (Å²) < 4.78 is 0. The fourth-order valence-electron chi connectivity index (χ4n) is 1.92. The summed E-state index contributed by atoms with van der Waals surface area (Å²) in [4.78, 5) is 24.7. The highest BCUT2D eigenvalue weighted by Gasteiger charge is 2.34. The number of nitrogens with zero attached hydrogens (tertiary/aromatic N) is 1. The monoisotopic (exact) mass is 281 g/mol. The fourth-order valence-corrected chi connectivity index (χ4v) is 2.59. The van der Waals surface area contributed by atoms with Gasteiger partial charge in [-0.2, -0.15) is 0 Å². The summed E-state index contributed by atoms with van der Waals surface area (Å²) in [5.74, 6) is -0.142. The van der Waals surface area contributed by atoms with Crippen LogP contribution in [0.4, 0.5) is 0 Å². The molecule has 16 heavy (non-hydrogen) atoms. The predicted molar refractivity (Wildman–Crippen MR) is 64.1 cm³/mol. The molecule has 1 aliphatic rings. The first kappa shape index (κ1) is 11.3. The van der Waals surface area contributed by atoms with E-state index >= 15 is 0 Å². The Morgan fingerprint density at radius 3 is 2.19 bits per heavy atom. The molecule has 4 heteroatoms. The lowest BCUT2D eigenvalue weighted by Gasteiger charge is -2.24. The molecular weight excluding hydrogens is 270 g/mol. The molecule has 1 saturated heterocycles. The number of imide groups is 1. The summed E-state index contributed by atoms with van der Waals surface area (Å²) in [5.41, 5.74) is 0.989. The number of halogens is 1. The Morgan fingerprint density at radius 2 is 1.69 bits per heavy atom. The van der Waals surface area contributed by atoms with Crippen molar-refractivity contribution in [1.29, 1.82) is 0 Å². The number of amides is 2. The van der Waals surface area contributed by atoms with E-state index in [-0.39, 0.29) is 17.9 Å². The third-order valence-electron chi connectivity index (χ3n) is 2.73. The average Bonchev–Trinajstić information content (AvgIpc) is 2.63. The van der Waals surface area contributed by atoms with E-state index in [2.05, 4.69) is 15.9 Å². The highest BCUT2D eigenvalue weighted by molar-refractivity contribution is 9.09. The van der Waals surface area contributed by atoms with Crippen LogP contribution < -0.4 is 0 Å². The zero-order valence-corrected chi connectivity index (χ0v) is 10.3. The fraction of sp³-hybridized carbons (Fsp3) is 0.333. The summed E-state index contributed by atoms with van der Waals surface area (Å²) in [7, 11) is 0. The second kappa shape index (κ2) is 4.78. The van der Waals surface area contributed by atoms with E-state index in [1.165, 1.54) is 4.90 Å². The van der Waals surface area contributed by atoms with E-state index in [0.717, 1.165) is 5.56 Å². The summed E-state index contributed by atoms with van der Waals surface area (Å²) in [6.45, 7) is 0. The largest absolute Gasteiger partial charge is 0.274 e. The molecule has 2 rings (SSSR count). The van der Waals surface area contributed by atoms with Crippen LogP contribution in [0.3, 0.4) is 0 Å². The van der Waals surface area contributed by atoms with Crippen molar-refractivity contribution < 1.29 is 9.59 Å². The minimum absolute atomic E-state index is 0.0710. The Hall–Kier alpha value is -1.16. The maximum absolute atomic E-state index is 11.6. The van der Waals surface area contributed by atoms with Crippen LogP contribution in [-0.2, 0) is 9.59 Å². The van der Waals surface area contributed by atoms with Crippen LogP contribution in [0.15, 0.2) is 30.3 Å². The average molecular weight is 282 g/mol. The van der Waals surface area contributed by atoms with Gasteiger partial charge in [0.05, 0.1) is 6.04 Å². The quantitative estimate of drug-likeness (QED) is 0.630. The van der Waals surface area contributed by atoms with Gasteiger partial charge in [0.15, 0.2) is 0 Å². The molecular formula is C12H12BrNO2. The molecule has 1 aromatic carbocycles. The van der Waals surface area contributed by atoms with Crippen molar-refractivity contribution in [1.82, 2.24) is 4.90 Å². The molecule has 0 radical (unpaired) electrons. The molecule has 0 saturated carbocycles. The molecule has 84 valence electrons. The molecule has 1 unspecified atom stereocenters. The highest BCUT2D eigenvalue weighted by atomic mass is 79.9. The first-order chi connectivity index (χ1) is 7.74. The third-order valence-corrected chi connectivity index (χ3v) is 3.35. The lowest BCUT2D eigenvalue weighted by atomic mass is 10.1. The second-order valence-electron chi connectivity index (χ2n) is 3.74. The van der Waals surface area contributed by atoms with Crippen LogP contribution in [0.5, 0.6) is 0 Å². The van der Waals surface area contributed by atoms with E-state index in [0.29, 0.717) is 18.2 Å². The van der Waals surface area contributed by atoms with Gasteiger partial charge < -0.3 is 0 Å². The lowest BCUT2D eigenvalue weighted by Crippen LogP contribution is -2.34. The van der Waals surface area contributed by atoms with Crippen molar-refractivity contribution in [3.05, 3.63) is 35.9 Å². The van der Waals surface area contributed by atoms with Gasteiger partial charge in [0.1, 0.15) is 0 Å². The van der Waals surface area contributed by atoms with E-state index < -0.39 is 0 Å². The molecule has 0 aromatic heterocycles.